The van der Waals surface area contributed by atoms with Crippen molar-refractivity contribution in [1.29, 1.82) is 0 Å². The Hall–Kier alpha value is -0.940. The lowest BCUT2D eigenvalue weighted by Crippen LogP contribution is -2.38. The molecule has 0 atom stereocenters. The molecule has 0 N–H and O–H groups in total. The summed E-state index contributed by atoms with van der Waals surface area (Å²) in [6.07, 6.45) is 7.24. The fourth-order valence-corrected chi connectivity index (χ4v) is 2.65. The van der Waals surface area contributed by atoms with Crippen LogP contribution in [0.15, 0.2) is 12.3 Å². The minimum Gasteiger partial charge on any atom is -0.348 e. The van der Waals surface area contributed by atoms with Gasteiger partial charge in [-0.15, -0.1) is 0 Å². The lowest BCUT2D eigenvalue weighted by Gasteiger charge is -2.41. The summed E-state index contributed by atoms with van der Waals surface area (Å²) in [5, 5.41) is 10.2. The largest absolute Gasteiger partial charge is 0.348 e. The molecule has 0 aromatic rings. The van der Waals surface area contributed by atoms with Crippen molar-refractivity contribution in [3.05, 3.63) is 22.4 Å². The number of allylic oxidation sites excluding steroid dienone is 1. The van der Waals surface area contributed by atoms with Gasteiger partial charge in [-0.05, 0) is 30.8 Å². The first-order chi connectivity index (χ1) is 8.04. The number of rotatable bonds is 3. The Labute approximate surface area is 101 Å². The normalized spacial score (nSPS) is 26.6. The highest BCUT2D eigenvalue weighted by Crippen LogP contribution is 2.46. The Morgan fingerprint density at radius 3 is 2.35 bits per heavy atom. The van der Waals surface area contributed by atoms with Crippen LogP contribution in [0, 0.1) is 15.5 Å². The molecule has 0 bridgehead atoms. The quantitative estimate of drug-likeness (QED) is 0.562. The van der Waals surface area contributed by atoms with Crippen LogP contribution in [0.3, 0.4) is 0 Å². The van der Waals surface area contributed by atoms with Crippen molar-refractivity contribution in [1.82, 2.24) is 0 Å². The molecular weight excluding hydrogens is 222 g/mol. The van der Waals surface area contributed by atoms with E-state index in [1.165, 1.54) is 0 Å². The van der Waals surface area contributed by atoms with Gasteiger partial charge in [0.25, 0.3) is 0 Å². The number of hydrogen-bond donors (Lipinski definition) is 0. The Bertz CT molecular complexity index is 310. The van der Waals surface area contributed by atoms with Gasteiger partial charge in [-0.3, -0.25) is 10.1 Å². The molecule has 2 fully saturated rings. The van der Waals surface area contributed by atoms with E-state index in [0.29, 0.717) is 13.2 Å². The maximum absolute atomic E-state index is 10.2. The van der Waals surface area contributed by atoms with Crippen molar-refractivity contribution in [2.75, 3.05) is 13.2 Å². The highest BCUT2D eigenvalue weighted by atomic mass is 16.7. The smallest absolute Gasteiger partial charge is 0.230 e. The number of ether oxygens (including phenoxy) is 2. The van der Waals surface area contributed by atoms with Crippen molar-refractivity contribution >= 4 is 0 Å². The number of nitrogens with zero attached hydrogens (tertiary/aromatic N) is 1. The Balaban J connectivity index is 1.86. The molecular formula is C12H19NO4. The van der Waals surface area contributed by atoms with E-state index in [0.717, 1.165) is 38.3 Å². The zero-order valence-electron chi connectivity index (χ0n) is 10.2. The van der Waals surface area contributed by atoms with Crippen LogP contribution in [-0.4, -0.2) is 23.9 Å². The van der Waals surface area contributed by atoms with Crippen LogP contribution in [-0.2, 0) is 9.47 Å². The second kappa shape index (κ2) is 4.74. The molecule has 5 nitrogen and oxygen atoms in total. The minimum absolute atomic E-state index is 0.146. The SMILES string of the molecule is CC1(C/C=C/[N+](=O)[O-])CCC2(CC1)OCCO2. The van der Waals surface area contributed by atoms with Gasteiger partial charge in [0, 0.05) is 12.8 Å². The predicted octanol–water partition coefficient (Wildman–Crippen LogP) is 2.49. The average molecular weight is 241 g/mol. The molecule has 1 heterocycles. The fraction of sp³-hybridized carbons (Fsp3) is 0.833. The lowest BCUT2D eigenvalue weighted by atomic mass is 9.71. The molecule has 96 valence electrons. The van der Waals surface area contributed by atoms with Gasteiger partial charge in [-0.25, -0.2) is 0 Å². The van der Waals surface area contributed by atoms with E-state index < -0.39 is 4.92 Å². The molecule has 1 aliphatic carbocycles. The summed E-state index contributed by atoms with van der Waals surface area (Å²) in [5.74, 6) is -0.341. The first kappa shape index (κ1) is 12.5. The summed E-state index contributed by atoms with van der Waals surface area (Å²) in [7, 11) is 0. The lowest BCUT2D eigenvalue weighted by molar-refractivity contribution is -0.402. The first-order valence-electron chi connectivity index (χ1n) is 6.12. The van der Waals surface area contributed by atoms with Crippen molar-refractivity contribution in [3.8, 4) is 0 Å². The third-order valence-corrected chi connectivity index (χ3v) is 3.87. The second-order valence-corrected chi connectivity index (χ2v) is 5.29. The van der Waals surface area contributed by atoms with E-state index in [9.17, 15) is 10.1 Å². The molecule has 0 aromatic carbocycles. The molecule has 5 heteroatoms. The summed E-state index contributed by atoms with van der Waals surface area (Å²) in [4.78, 5) is 9.82. The van der Waals surface area contributed by atoms with Crippen LogP contribution < -0.4 is 0 Å². The average Bonchev–Trinajstić information content (AvgIpc) is 2.72. The summed E-state index contributed by atoms with van der Waals surface area (Å²) in [6.45, 7) is 3.56. The Morgan fingerprint density at radius 1 is 1.24 bits per heavy atom. The van der Waals surface area contributed by atoms with E-state index in [1.807, 2.05) is 0 Å². The molecule has 1 aliphatic heterocycles. The molecule has 0 aromatic heterocycles. The molecule has 0 amide bonds. The fourth-order valence-electron chi connectivity index (χ4n) is 2.65. The summed E-state index contributed by atoms with van der Waals surface area (Å²) >= 11 is 0. The molecule has 1 saturated carbocycles. The van der Waals surface area contributed by atoms with Crippen LogP contribution in [0.2, 0.25) is 0 Å². The zero-order chi connectivity index (χ0) is 12.4. The topological polar surface area (TPSA) is 61.6 Å². The number of nitro groups is 1. The Kier molecular flexibility index (Phi) is 3.49. The predicted molar refractivity (Wildman–Crippen MR) is 62.0 cm³/mol. The molecule has 1 saturated heterocycles. The number of hydrogen-bond acceptors (Lipinski definition) is 4. The highest BCUT2D eigenvalue weighted by molar-refractivity contribution is 4.92. The summed E-state index contributed by atoms with van der Waals surface area (Å²) in [6, 6.07) is 0. The van der Waals surface area contributed by atoms with Gasteiger partial charge in [0.2, 0.25) is 6.20 Å². The molecule has 2 aliphatic rings. The van der Waals surface area contributed by atoms with E-state index in [4.69, 9.17) is 9.47 Å². The van der Waals surface area contributed by atoms with E-state index in [-0.39, 0.29) is 11.2 Å². The molecule has 0 unspecified atom stereocenters. The van der Waals surface area contributed by atoms with Crippen LogP contribution in [0.1, 0.15) is 39.0 Å². The van der Waals surface area contributed by atoms with Crippen molar-refractivity contribution in [3.63, 3.8) is 0 Å². The van der Waals surface area contributed by atoms with Crippen molar-refractivity contribution in [2.45, 2.75) is 44.8 Å². The molecule has 0 radical (unpaired) electrons. The van der Waals surface area contributed by atoms with Crippen molar-refractivity contribution < 1.29 is 14.4 Å². The maximum atomic E-state index is 10.2. The van der Waals surface area contributed by atoms with Gasteiger partial charge in [0.15, 0.2) is 5.79 Å². The third-order valence-electron chi connectivity index (χ3n) is 3.87. The second-order valence-electron chi connectivity index (χ2n) is 5.29. The summed E-state index contributed by atoms with van der Waals surface area (Å²) in [5.41, 5.74) is 0.146. The first-order valence-corrected chi connectivity index (χ1v) is 6.12. The van der Waals surface area contributed by atoms with Gasteiger partial charge in [-0.1, -0.05) is 6.92 Å². The van der Waals surface area contributed by atoms with Gasteiger partial charge >= 0.3 is 0 Å². The zero-order valence-corrected chi connectivity index (χ0v) is 10.2. The maximum Gasteiger partial charge on any atom is 0.230 e. The van der Waals surface area contributed by atoms with Gasteiger partial charge in [-0.2, -0.15) is 0 Å². The van der Waals surface area contributed by atoms with Gasteiger partial charge in [0.1, 0.15) is 0 Å². The molecule has 17 heavy (non-hydrogen) atoms. The van der Waals surface area contributed by atoms with Crippen LogP contribution in [0.5, 0.6) is 0 Å². The van der Waals surface area contributed by atoms with Crippen LogP contribution in [0.4, 0.5) is 0 Å². The third kappa shape index (κ3) is 3.04. The van der Waals surface area contributed by atoms with Crippen LogP contribution >= 0.6 is 0 Å². The minimum atomic E-state index is -0.406. The standard InChI is InChI=1S/C12H19NO4/c1-11(3-2-8-13(14)15)4-6-12(7-5-11)16-9-10-17-12/h2,8H,3-7,9-10H2,1H3/b8-2+. The van der Waals surface area contributed by atoms with Crippen molar-refractivity contribution in [2.24, 2.45) is 5.41 Å². The van der Waals surface area contributed by atoms with E-state index in [2.05, 4.69) is 6.92 Å². The molecule has 2 rings (SSSR count). The van der Waals surface area contributed by atoms with Gasteiger partial charge < -0.3 is 9.47 Å². The van der Waals surface area contributed by atoms with E-state index in [1.54, 1.807) is 6.08 Å². The summed E-state index contributed by atoms with van der Waals surface area (Å²) < 4.78 is 11.3. The van der Waals surface area contributed by atoms with E-state index >= 15 is 0 Å². The highest BCUT2D eigenvalue weighted by Gasteiger charge is 2.43. The van der Waals surface area contributed by atoms with Gasteiger partial charge in [0.05, 0.1) is 18.1 Å². The molecule has 1 spiro atoms. The van der Waals surface area contributed by atoms with Crippen LogP contribution in [0.25, 0.3) is 0 Å². The Morgan fingerprint density at radius 2 is 1.82 bits per heavy atom. The monoisotopic (exact) mass is 241 g/mol.